The smallest absolute Gasteiger partial charge is 0.387 e. The monoisotopic (exact) mass is 412 g/mol. The van der Waals surface area contributed by atoms with Crippen LogP contribution in [0.4, 0.5) is 14.5 Å². The predicted octanol–water partition coefficient (Wildman–Crippen LogP) is 4.45. The zero-order valence-corrected chi connectivity index (χ0v) is 15.7. The highest BCUT2D eigenvalue weighted by Gasteiger charge is 2.16. The van der Waals surface area contributed by atoms with Crippen molar-refractivity contribution in [2.75, 3.05) is 11.9 Å². The molecule has 0 aliphatic heterocycles. The maximum Gasteiger partial charge on any atom is 0.387 e. The number of hydrogen-bond donors (Lipinski definition) is 2. The van der Waals surface area contributed by atoms with Gasteiger partial charge in [0.2, 0.25) is 5.91 Å². The highest BCUT2D eigenvalue weighted by molar-refractivity contribution is 6.00. The second kappa shape index (κ2) is 10.0. The topological polar surface area (TPSA) is 76.7 Å². The SMILES string of the molecule is O=C(CNC(=O)c1ccccc1OC(F)F)Nc1ccc(Oc2ccccc2)cc1. The molecule has 0 spiro atoms. The molecule has 0 aliphatic carbocycles. The molecule has 8 heteroatoms. The Kier molecular flexibility index (Phi) is 6.94. The number of anilines is 1. The van der Waals surface area contributed by atoms with Crippen LogP contribution in [0.25, 0.3) is 0 Å². The van der Waals surface area contributed by atoms with Gasteiger partial charge in [-0.25, -0.2) is 0 Å². The standard InChI is InChI=1S/C22H18F2N2O4/c23-22(24)30-19-9-5-4-8-18(19)21(28)25-14-20(27)26-15-10-12-17(13-11-15)29-16-6-2-1-3-7-16/h1-13,22H,14H2,(H,25,28)(H,26,27). The van der Waals surface area contributed by atoms with Gasteiger partial charge in [-0.2, -0.15) is 8.78 Å². The first-order chi connectivity index (χ1) is 14.5. The number of carbonyl (C=O) groups is 2. The summed E-state index contributed by atoms with van der Waals surface area (Å²) >= 11 is 0. The third-order valence-electron chi connectivity index (χ3n) is 3.87. The van der Waals surface area contributed by atoms with E-state index in [1.54, 1.807) is 24.3 Å². The molecule has 0 saturated heterocycles. The van der Waals surface area contributed by atoms with E-state index in [1.807, 2.05) is 30.3 Å². The van der Waals surface area contributed by atoms with E-state index < -0.39 is 18.4 Å². The molecule has 30 heavy (non-hydrogen) atoms. The first-order valence-corrected chi connectivity index (χ1v) is 8.96. The Labute approximate surface area is 171 Å². The lowest BCUT2D eigenvalue weighted by Gasteiger charge is -2.11. The van der Waals surface area contributed by atoms with Crippen molar-refractivity contribution < 1.29 is 27.8 Å². The molecule has 0 unspecified atom stereocenters. The van der Waals surface area contributed by atoms with Gasteiger partial charge in [-0.3, -0.25) is 9.59 Å². The molecule has 0 atom stereocenters. The summed E-state index contributed by atoms with van der Waals surface area (Å²) in [6, 6.07) is 21.5. The maximum atomic E-state index is 12.4. The molecule has 3 aromatic carbocycles. The van der Waals surface area contributed by atoms with Crippen molar-refractivity contribution in [1.82, 2.24) is 5.32 Å². The number of rotatable bonds is 8. The average Bonchev–Trinajstić information content (AvgIpc) is 2.74. The lowest BCUT2D eigenvalue weighted by molar-refractivity contribution is -0.115. The number of alkyl halides is 2. The van der Waals surface area contributed by atoms with Crippen LogP contribution in [0.15, 0.2) is 78.9 Å². The fraction of sp³-hybridized carbons (Fsp3) is 0.0909. The largest absolute Gasteiger partial charge is 0.457 e. The number of amides is 2. The predicted molar refractivity (Wildman–Crippen MR) is 107 cm³/mol. The van der Waals surface area contributed by atoms with E-state index in [9.17, 15) is 18.4 Å². The molecule has 0 saturated carbocycles. The van der Waals surface area contributed by atoms with E-state index >= 15 is 0 Å². The van der Waals surface area contributed by atoms with E-state index in [0.717, 1.165) is 0 Å². The maximum absolute atomic E-state index is 12.4. The number of benzene rings is 3. The minimum atomic E-state index is -3.06. The molecule has 0 heterocycles. The Morgan fingerprint density at radius 3 is 2.17 bits per heavy atom. The van der Waals surface area contributed by atoms with Crippen molar-refractivity contribution in [2.24, 2.45) is 0 Å². The van der Waals surface area contributed by atoms with Gasteiger partial charge in [0.25, 0.3) is 5.91 Å². The zero-order valence-electron chi connectivity index (χ0n) is 15.7. The van der Waals surface area contributed by atoms with E-state index in [-0.39, 0.29) is 17.9 Å². The van der Waals surface area contributed by atoms with Crippen LogP contribution >= 0.6 is 0 Å². The number of hydrogen-bond acceptors (Lipinski definition) is 4. The van der Waals surface area contributed by atoms with Gasteiger partial charge in [0.15, 0.2) is 0 Å². The van der Waals surface area contributed by atoms with Gasteiger partial charge in [0, 0.05) is 5.69 Å². The van der Waals surface area contributed by atoms with Crippen LogP contribution in [0.5, 0.6) is 17.2 Å². The molecule has 0 aliphatic rings. The van der Waals surface area contributed by atoms with Gasteiger partial charge < -0.3 is 20.1 Å². The first-order valence-electron chi connectivity index (χ1n) is 8.96. The van der Waals surface area contributed by atoms with Gasteiger partial charge in [-0.1, -0.05) is 30.3 Å². The highest BCUT2D eigenvalue weighted by atomic mass is 19.3. The van der Waals surface area contributed by atoms with Gasteiger partial charge in [-0.15, -0.1) is 0 Å². The minimum absolute atomic E-state index is 0.0898. The summed E-state index contributed by atoms with van der Waals surface area (Å²) in [5.74, 6) is -0.156. The number of para-hydroxylation sites is 2. The van der Waals surface area contributed by atoms with Crippen molar-refractivity contribution >= 4 is 17.5 Å². The van der Waals surface area contributed by atoms with Crippen molar-refractivity contribution in [3.05, 3.63) is 84.4 Å². The third-order valence-corrected chi connectivity index (χ3v) is 3.87. The molecule has 3 aromatic rings. The summed E-state index contributed by atoms with van der Waals surface area (Å²) in [5.41, 5.74) is 0.420. The summed E-state index contributed by atoms with van der Waals surface area (Å²) in [6.07, 6.45) is 0. The molecule has 2 amide bonds. The quantitative estimate of drug-likeness (QED) is 0.573. The van der Waals surface area contributed by atoms with Gasteiger partial charge in [0.05, 0.1) is 12.1 Å². The lowest BCUT2D eigenvalue weighted by atomic mass is 10.2. The van der Waals surface area contributed by atoms with Gasteiger partial charge in [0.1, 0.15) is 17.2 Å². The third kappa shape index (κ3) is 6.03. The molecule has 3 rings (SSSR count). The Hall–Kier alpha value is -3.94. The Morgan fingerprint density at radius 2 is 1.47 bits per heavy atom. The summed E-state index contributed by atoms with van der Waals surface area (Å²) in [7, 11) is 0. The fourth-order valence-electron chi connectivity index (χ4n) is 2.54. The summed E-state index contributed by atoms with van der Waals surface area (Å²) in [5, 5.41) is 5.00. The summed E-state index contributed by atoms with van der Waals surface area (Å²) < 4.78 is 34.9. The van der Waals surface area contributed by atoms with Crippen LogP contribution in [0.2, 0.25) is 0 Å². The molecule has 0 fully saturated rings. The number of ether oxygens (including phenoxy) is 2. The molecular weight excluding hydrogens is 394 g/mol. The van der Waals surface area contributed by atoms with E-state index in [0.29, 0.717) is 17.2 Å². The molecule has 0 aromatic heterocycles. The van der Waals surface area contributed by atoms with Gasteiger partial charge in [-0.05, 0) is 48.5 Å². The Bertz CT molecular complexity index is 996. The molecule has 6 nitrogen and oxygen atoms in total. The Balaban J connectivity index is 1.52. The Morgan fingerprint density at radius 1 is 0.833 bits per heavy atom. The van der Waals surface area contributed by atoms with Crippen molar-refractivity contribution in [1.29, 1.82) is 0 Å². The van der Waals surface area contributed by atoms with Crippen molar-refractivity contribution in [2.45, 2.75) is 6.61 Å². The van der Waals surface area contributed by atoms with Crippen LogP contribution < -0.4 is 20.1 Å². The minimum Gasteiger partial charge on any atom is -0.457 e. The van der Waals surface area contributed by atoms with E-state index in [4.69, 9.17) is 4.74 Å². The number of nitrogens with one attached hydrogen (secondary N) is 2. The normalized spacial score (nSPS) is 10.4. The van der Waals surface area contributed by atoms with Crippen molar-refractivity contribution in [3.63, 3.8) is 0 Å². The zero-order chi connectivity index (χ0) is 21.3. The lowest BCUT2D eigenvalue weighted by Crippen LogP contribution is -2.33. The average molecular weight is 412 g/mol. The van der Waals surface area contributed by atoms with Crippen molar-refractivity contribution in [3.8, 4) is 17.2 Å². The van der Waals surface area contributed by atoms with Crippen LogP contribution in [-0.2, 0) is 4.79 Å². The molecule has 0 radical (unpaired) electrons. The first kappa shape index (κ1) is 20.8. The van der Waals surface area contributed by atoms with E-state index in [2.05, 4.69) is 15.4 Å². The van der Waals surface area contributed by atoms with Crippen LogP contribution in [0.1, 0.15) is 10.4 Å². The molecule has 154 valence electrons. The number of halogens is 2. The second-order valence-electron chi connectivity index (χ2n) is 6.05. The van der Waals surface area contributed by atoms with Crippen LogP contribution in [0.3, 0.4) is 0 Å². The summed E-state index contributed by atoms with van der Waals surface area (Å²) in [4.78, 5) is 24.3. The fourth-order valence-corrected chi connectivity index (χ4v) is 2.54. The van der Waals surface area contributed by atoms with E-state index in [1.165, 1.54) is 24.3 Å². The highest BCUT2D eigenvalue weighted by Crippen LogP contribution is 2.23. The number of carbonyl (C=O) groups excluding carboxylic acids is 2. The molecule has 2 N–H and O–H groups in total. The van der Waals surface area contributed by atoms with Crippen LogP contribution in [0, 0.1) is 0 Å². The van der Waals surface area contributed by atoms with Crippen LogP contribution in [-0.4, -0.2) is 25.0 Å². The molecule has 0 bridgehead atoms. The molecular formula is C22H18F2N2O4. The van der Waals surface area contributed by atoms with Gasteiger partial charge >= 0.3 is 6.61 Å². The summed E-state index contributed by atoms with van der Waals surface area (Å²) in [6.45, 7) is -3.40. The second-order valence-corrected chi connectivity index (χ2v) is 6.05.